The number of likely N-dealkylation sites (tertiary alicyclic amines) is 1. The van der Waals surface area contributed by atoms with Crippen molar-refractivity contribution in [1.82, 2.24) is 10.2 Å². The Morgan fingerprint density at radius 2 is 1.81 bits per heavy atom. The molecule has 2 heterocycles. The molecule has 2 amide bonds. The van der Waals surface area contributed by atoms with E-state index in [1.807, 2.05) is 0 Å². The highest BCUT2D eigenvalue weighted by molar-refractivity contribution is 5.86. The molecular formula is C15H26N2O4. The highest BCUT2D eigenvalue weighted by atomic mass is 16.5. The second kappa shape index (κ2) is 6.64. The normalized spacial score (nSPS) is 23.1. The minimum absolute atomic E-state index is 0.249. The number of piperidine rings is 1. The molecule has 0 radical (unpaired) electrons. The highest BCUT2D eigenvalue weighted by Gasteiger charge is 2.42. The van der Waals surface area contributed by atoms with Gasteiger partial charge < -0.3 is 20.1 Å². The van der Waals surface area contributed by atoms with Gasteiger partial charge >= 0.3 is 12.0 Å². The minimum atomic E-state index is -1.16. The Kier molecular flexibility index (Phi) is 5.08. The molecule has 6 heteroatoms. The smallest absolute Gasteiger partial charge is 0.329 e. The molecule has 0 bridgehead atoms. The molecule has 0 aliphatic carbocycles. The van der Waals surface area contributed by atoms with Gasteiger partial charge in [0, 0.05) is 39.1 Å². The van der Waals surface area contributed by atoms with E-state index in [9.17, 15) is 14.7 Å². The van der Waals surface area contributed by atoms with Gasteiger partial charge in [0.2, 0.25) is 0 Å². The lowest BCUT2D eigenvalue weighted by Crippen LogP contribution is -2.60. The number of hydrogen-bond donors (Lipinski definition) is 2. The molecule has 21 heavy (non-hydrogen) atoms. The molecule has 6 nitrogen and oxygen atoms in total. The summed E-state index contributed by atoms with van der Waals surface area (Å²) in [6, 6.07) is -0.249. The summed E-state index contributed by atoms with van der Waals surface area (Å²) in [5.41, 5.74) is -1.16. The Balaban J connectivity index is 1.93. The number of carboxylic acids is 1. The Morgan fingerprint density at radius 3 is 2.29 bits per heavy atom. The van der Waals surface area contributed by atoms with Gasteiger partial charge in [-0.05, 0) is 24.7 Å². The quantitative estimate of drug-likeness (QED) is 0.831. The molecule has 0 saturated carbocycles. The number of amides is 2. The summed E-state index contributed by atoms with van der Waals surface area (Å²) in [6.07, 6.45) is 2.65. The van der Waals surface area contributed by atoms with Crippen LogP contribution in [0.1, 0.15) is 39.5 Å². The second-order valence-corrected chi connectivity index (χ2v) is 6.50. The molecule has 0 atom stereocenters. The summed E-state index contributed by atoms with van der Waals surface area (Å²) in [5.74, 6) is 0.331. The van der Waals surface area contributed by atoms with Crippen LogP contribution in [0.5, 0.6) is 0 Å². The molecule has 0 aromatic heterocycles. The van der Waals surface area contributed by atoms with Crippen LogP contribution in [-0.2, 0) is 9.53 Å². The largest absolute Gasteiger partial charge is 0.480 e. The number of carbonyl (C=O) groups excluding carboxylic acids is 1. The number of rotatable bonds is 3. The average molecular weight is 298 g/mol. The molecule has 0 spiro atoms. The number of nitrogens with one attached hydrogen (secondary N) is 1. The zero-order valence-corrected chi connectivity index (χ0v) is 12.9. The van der Waals surface area contributed by atoms with Crippen LogP contribution >= 0.6 is 0 Å². The van der Waals surface area contributed by atoms with Crippen molar-refractivity contribution in [1.29, 1.82) is 0 Å². The first kappa shape index (κ1) is 16.1. The van der Waals surface area contributed by atoms with Crippen molar-refractivity contribution in [2.45, 2.75) is 45.1 Å². The first-order chi connectivity index (χ1) is 9.94. The maximum atomic E-state index is 12.4. The second-order valence-electron chi connectivity index (χ2n) is 6.50. The number of carbonyl (C=O) groups is 2. The lowest BCUT2D eigenvalue weighted by Gasteiger charge is -2.38. The SMILES string of the molecule is CC(C)C1CCN(C(=O)NC2(C(=O)O)CCOCC2)CC1. The molecule has 0 aromatic rings. The van der Waals surface area contributed by atoms with Crippen LogP contribution in [-0.4, -0.2) is 53.8 Å². The number of nitrogens with zero attached hydrogens (tertiary/aromatic N) is 1. The van der Waals surface area contributed by atoms with Gasteiger partial charge in [-0.2, -0.15) is 0 Å². The van der Waals surface area contributed by atoms with Gasteiger partial charge in [-0.3, -0.25) is 0 Å². The predicted octanol–water partition coefficient (Wildman–Crippen LogP) is 1.70. The summed E-state index contributed by atoms with van der Waals surface area (Å²) < 4.78 is 5.21. The zero-order chi connectivity index (χ0) is 15.5. The fourth-order valence-electron chi connectivity index (χ4n) is 3.17. The van der Waals surface area contributed by atoms with Crippen LogP contribution in [0.25, 0.3) is 0 Å². The van der Waals surface area contributed by atoms with E-state index in [-0.39, 0.29) is 6.03 Å². The van der Waals surface area contributed by atoms with Gasteiger partial charge in [0.05, 0.1) is 0 Å². The molecule has 2 aliphatic heterocycles. The molecule has 2 fully saturated rings. The third-order valence-electron chi connectivity index (χ3n) is 4.87. The Bertz CT molecular complexity index is 383. The van der Waals surface area contributed by atoms with Gasteiger partial charge in [-0.1, -0.05) is 13.8 Å². The Hall–Kier alpha value is -1.30. The number of carboxylic acid groups (broad SMARTS) is 1. The number of hydrogen-bond acceptors (Lipinski definition) is 3. The topological polar surface area (TPSA) is 78.9 Å². The molecule has 0 unspecified atom stereocenters. The van der Waals surface area contributed by atoms with Crippen LogP contribution in [0.3, 0.4) is 0 Å². The zero-order valence-electron chi connectivity index (χ0n) is 12.9. The van der Waals surface area contributed by atoms with Gasteiger partial charge in [-0.15, -0.1) is 0 Å². The van der Waals surface area contributed by atoms with E-state index < -0.39 is 11.5 Å². The van der Waals surface area contributed by atoms with E-state index in [0.717, 1.165) is 12.8 Å². The first-order valence-electron chi connectivity index (χ1n) is 7.83. The van der Waals surface area contributed by atoms with E-state index in [1.54, 1.807) is 4.90 Å². The lowest BCUT2D eigenvalue weighted by atomic mass is 9.86. The van der Waals surface area contributed by atoms with Gasteiger partial charge in [-0.25, -0.2) is 9.59 Å². The van der Waals surface area contributed by atoms with Crippen LogP contribution < -0.4 is 5.32 Å². The number of aliphatic carboxylic acids is 1. The number of urea groups is 1. The summed E-state index contributed by atoms with van der Waals surface area (Å²) in [4.78, 5) is 25.7. The van der Waals surface area contributed by atoms with Gasteiger partial charge in [0.15, 0.2) is 0 Å². The van der Waals surface area contributed by atoms with E-state index in [4.69, 9.17) is 4.74 Å². The van der Waals surface area contributed by atoms with Crippen molar-refractivity contribution in [2.24, 2.45) is 11.8 Å². The van der Waals surface area contributed by atoms with Crippen LogP contribution in [0.15, 0.2) is 0 Å². The minimum Gasteiger partial charge on any atom is -0.480 e. The monoisotopic (exact) mass is 298 g/mol. The van der Waals surface area contributed by atoms with Crippen molar-refractivity contribution < 1.29 is 19.4 Å². The molecule has 2 saturated heterocycles. The molecule has 2 rings (SSSR count). The standard InChI is InChI=1S/C15H26N2O4/c1-11(2)12-3-7-17(8-4-12)14(20)16-15(13(18)19)5-9-21-10-6-15/h11-12H,3-10H2,1-2H3,(H,16,20)(H,18,19). The maximum absolute atomic E-state index is 12.4. The Morgan fingerprint density at radius 1 is 1.24 bits per heavy atom. The molecule has 0 aromatic carbocycles. The summed E-state index contributed by atoms with van der Waals surface area (Å²) >= 11 is 0. The molecular weight excluding hydrogens is 272 g/mol. The van der Waals surface area contributed by atoms with Crippen molar-refractivity contribution in [2.75, 3.05) is 26.3 Å². The summed E-state index contributed by atoms with van der Waals surface area (Å²) in [6.45, 7) is 6.59. The first-order valence-corrected chi connectivity index (χ1v) is 7.83. The van der Waals surface area contributed by atoms with Crippen LogP contribution in [0.4, 0.5) is 4.79 Å². The summed E-state index contributed by atoms with van der Waals surface area (Å²) in [7, 11) is 0. The van der Waals surface area contributed by atoms with Crippen LogP contribution in [0.2, 0.25) is 0 Å². The predicted molar refractivity (Wildman–Crippen MR) is 78.1 cm³/mol. The van der Waals surface area contributed by atoms with Gasteiger partial charge in [0.1, 0.15) is 5.54 Å². The number of ether oxygens (including phenoxy) is 1. The molecule has 120 valence electrons. The van der Waals surface area contributed by atoms with E-state index in [0.29, 0.717) is 51.0 Å². The fourth-order valence-corrected chi connectivity index (χ4v) is 3.17. The average Bonchev–Trinajstić information content (AvgIpc) is 2.48. The van der Waals surface area contributed by atoms with Gasteiger partial charge in [0.25, 0.3) is 0 Å². The van der Waals surface area contributed by atoms with Crippen molar-refractivity contribution in [3.63, 3.8) is 0 Å². The van der Waals surface area contributed by atoms with Crippen molar-refractivity contribution in [3.8, 4) is 0 Å². The maximum Gasteiger partial charge on any atom is 0.329 e. The fraction of sp³-hybridized carbons (Fsp3) is 0.867. The Labute approximate surface area is 125 Å². The highest BCUT2D eigenvalue weighted by Crippen LogP contribution is 2.26. The van der Waals surface area contributed by atoms with E-state index in [1.165, 1.54) is 0 Å². The van der Waals surface area contributed by atoms with Crippen LogP contribution in [0, 0.1) is 11.8 Å². The van der Waals surface area contributed by atoms with E-state index in [2.05, 4.69) is 19.2 Å². The third-order valence-corrected chi connectivity index (χ3v) is 4.87. The summed E-state index contributed by atoms with van der Waals surface area (Å²) in [5, 5.41) is 12.2. The lowest BCUT2D eigenvalue weighted by molar-refractivity contribution is -0.148. The third kappa shape index (κ3) is 3.67. The molecule has 2 aliphatic rings. The molecule has 2 N–H and O–H groups in total. The van der Waals surface area contributed by atoms with Crippen molar-refractivity contribution >= 4 is 12.0 Å². The van der Waals surface area contributed by atoms with E-state index >= 15 is 0 Å². The van der Waals surface area contributed by atoms with Crippen molar-refractivity contribution in [3.05, 3.63) is 0 Å².